The topological polar surface area (TPSA) is 43.4 Å². The van der Waals surface area contributed by atoms with E-state index < -0.39 is 12.1 Å². The number of ketones is 1. The molecule has 0 saturated carbocycles. The smallest absolute Gasteiger partial charge is 0.331 e. The van der Waals surface area contributed by atoms with Gasteiger partial charge in [-0.3, -0.25) is 4.79 Å². The van der Waals surface area contributed by atoms with E-state index in [-0.39, 0.29) is 5.78 Å². The highest BCUT2D eigenvalue weighted by molar-refractivity contribution is 6.42. The number of carbonyl (C=O) groups excluding carboxylic acids is 2. The zero-order valence-electron chi connectivity index (χ0n) is 12.6. The van der Waals surface area contributed by atoms with Gasteiger partial charge in [0.1, 0.15) is 0 Å². The first-order valence-electron chi connectivity index (χ1n) is 7.00. The number of hydrogen-bond acceptors (Lipinski definition) is 3. The average Bonchev–Trinajstić information content (AvgIpc) is 2.55. The predicted molar refractivity (Wildman–Crippen MR) is 96.8 cm³/mol. The molecule has 2 rings (SSSR count). The Labute approximate surface area is 154 Å². The van der Waals surface area contributed by atoms with E-state index in [2.05, 4.69) is 0 Å². The SMILES string of the molecule is CC(OC(=O)C=Cc1ccc(Cl)c(Cl)c1)C(=O)c1cccc(Cl)c1. The minimum atomic E-state index is -0.922. The molecule has 124 valence electrons. The highest BCUT2D eigenvalue weighted by atomic mass is 35.5. The normalized spacial score (nSPS) is 12.2. The third-order valence-electron chi connectivity index (χ3n) is 3.13. The van der Waals surface area contributed by atoms with Crippen LogP contribution >= 0.6 is 34.8 Å². The maximum Gasteiger partial charge on any atom is 0.331 e. The van der Waals surface area contributed by atoms with Gasteiger partial charge in [-0.05, 0) is 42.8 Å². The molecule has 0 saturated heterocycles. The van der Waals surface area contributed by atoms with E-state index in [0.29, 0.717) is 26.2 Å². The second-order valence-electron chi connectivity index (χ2n) is 4.96. The van der Waals surface area contributed by atoms with Crippen LogP contribution in [0.1, 0.15) is 22.8 Å². The van der Waals surface area contributed by atoms with E-state index in [0.717, 1.165) is 0 Å². The molecule has 0 amide bonds. The Morgan fingerprint density at radius 2 is 1.79 bits per heavy atom. The predicted octanol–water partition coefficient (Wildman–Crippen LogP) is 5.47. The van der Waals surface area contributed by atoms with E-state index in [1.165, 1.54) is 25.1 Å². The summed E-state index contributed by atoms with van der Waals surface area (Å²) in [5.41, 5.74) is 1.08. The van der Waals surface area contributed by atoms with Gasteiger partial charge in [-0.15, -0.1) is 0 Å². The van der Waals surface area contributed by atoms with Crippen LogP contribution in [0.3, 0.4) is 0 Å². The fourth-order valence-corrected chi connectivity index (χ4v) is 2.42. The van der Waals surface area contributed by atoms with Gasteiger partial charge in [0.25, 0.3) is 0 Å². The highest BCUT2D eigenvalue weighted by Crippen LogP contribution is 2.23. The Morgan fingerprint density at radius 1 is 1.04 bits per heavy atom. The summed E-state index contributed by atoms with van der Waals surface area (Å²) in [5.74, 6) is -0.960. The standard InChI is InChI=1S/C18H13Cl3O3/c1-11(18(23)13-3-2-4-14(19)10-13)24-17(22)8-6-12-5-7-15(20)16(21)9-12/h2-11H,1H3. The van der Waals surface area contributed by atoms with Gasteiger partial charge >= 0.3 is 5.97 Å². The van der Waals surface area contributed by atoms with Crippen LogP contribution in [0.2, 0.25) is 15.1 Å². The second kappa shape index (κ2) is 8.34. The number of benzene rings is 2. The summed E-state index contributed by atoms with van der Waals surface area (Å²) in [5, 5.41) is 1.26. The number of carbonyl (C=O) groups is 2. The van der Waals surface area contributed by atoms with E-state index in [1.807, 2.05) is 0 Å². The molecule has 0 heterocycles. The van der Waals surface area contributed by atoms with Crippen molar-refractivity contribution in [3.05, 3.63) is 74.7 Å². The molecule has 0 N–H and O–H groups in total. The maximum absolute atomic E-state index is 12.2. The third kappa shape index (κ3) is 5.10. The molecule has 0 bridgehead atoms. The summed E-state index contributed by atoms with van der Waals surface area (Å²) in [7, 11) is 0. The van der Waals surface area contributed by atoms with Gasteiger partial charge in [-0.25, -0.2) is 4.79 Å². The molecule has 0 aliphatic carbocycles. The Morgan fingerprint density at radius 3 is 2.46 bits per heavy atom. The van der Waals surface area contributed by atoms with Crippen molar-refractivity contribution in [2.45, 2.75) is 13.0 Å². The number of hydrogen-bond donors (Lipinski definition) is 0. The molecular formula is C18H13Cl3O3. The molecule has 0 fully saturated rings. The monoisotopic (exact) mass is 382 g/mol. The van der Waals surface area contributed by atoms with Crippen molar-refractivity contribution in [2.75, 3.05) is 0 Å². The molecule has 3 nitrogen and oxygen atoms in total. The third-order valence-corrected chi connectivity index (χ3v) is 4.10. The summed E-state index contributed by atoms with van der Waals surface area (Å²) < 4.78 is 5.10. The summed E-state index contributed by atoms with van der Waals surface area (Å²) in [6, 6.07) is 11.4. The van der Waals surface area contributed by atoms with Crippen molar-refractivity contribution in [3.63, 3.8) is 0 Å². The van der Waals surface area contributed by atoms with Gasteiger partial charge in [0.2, 0.25) is 5.78 Å². The minimum Gasteiger partial charge on any atom is -0.451 e. The lowest BCUT2D eigenvalue weighted by molar-refractivity contribution is -0.140. The summed E-state index contributed by atoms with van der Waals surface area (Å²) >= 11 is 17.6. The number of Topliss-reactive ketones (excluding diaryl/α,β-unsaturated/α-hetero) is 1. The number of rotatable bonds is 5. The van der Waals surface area contributed by atoms with Gasteiger partial charge in [-0.2, -0.15) is 0 Å². The van der Waals surface area contributed by atoms with Crippen LogP contribution in [0.4, 0.5) is 0 Å². The first-order chi connectivity index (χ1) is 11.4. The van der Waals surface area contributed by atoms with Crippen molar-refractivity contribution in [1.82, 2.24) is 0 Å². The summed E-state index contributed by atoms with van der Waals surface area (Å²) in [4.78, 5) is 24.0. The fourth-order valence-electron chi connectivity index (χ4n) is 1.92. The van der Waals surface area contributed by atoms with Crippen molar-refractivity contribution in [1.29, 1.82) is 0 Å². The van der Waals surface area contributed by atoms with Crippen LogP contribution in [0.15, 0.2) is 48.5 Å². The van der Waals surface area contributed by atoms with Crippen molar-refractivity contribution < 1.29 is 14.3 Å². The highest BCUT2D eigenvalue weighted by Gasteiger charge is 2.18. The van der Waals surface area contributed by atoms with Crippen LogP contribution in [0.5, 0.6) is 0 Å². The van der Waals surface area contributed by atoms with Gasteiger partial charge in [0, 0.05) is 16.7 Å². The molecule has 0 aliphatic heterocycles. The first kappa shape index (κ1) is 18.5. The van der Waals surface area contributed by atoms with Crippen molar-refractivity contribution in [2.24, 2.45) is 0 Å². The molecular weight excluding hydrogens is 371 g/mol. The van der Waals surface area contributed by atoms with Crippen LogP contribution < -0.4 is 0 Å². The van der Waals surface area contributed by atoms with E-state index >= 15 is 0 Å². The summed E-state index contributed by atoms with van der Waals surface area (Å²) in [6.07, 6.45) is 1.83. The molecule has 0 aliphatic rings. The average molecular weight is 384 g/mol. The number of esters is 1. The van der Waals surface area contributed by atoms with Gasteiger partial charge in [0.15, 0.2) is 6.10 Å². The molecule has 6 heteroatoms. The number of ether oxygens (including phenoxy) is 1. The lowest BCUT2D eigenvalue weighted by atomic mass is 10.1. The fraction of sp³-hybridized carbons (Fsp3) is 0.111. The quantitative estimate of drug-likeness (QED) is 0.390. The number of halogens is 3. The van der Waals surface area contributed by atoms with Crippen LogP contribution in [0.25, 0.3) is 6.08 Å². The van der Waals surface area contributed by atoms with Crippen LogP contribution in [-0.2, 0) is 9.53 Å². The van der Waals surface area contributed by atoms with Gasteiger partial charge in [-0.1, -0.05) is 53.0 Å². The van der Waals surface area contributed by atoms with Gasteiger partial charge in [0.05, 0.1) is 10.0 Å². The zero-order valence-corrected chi connectivity index (χ0v) is 14.9. The molecule has 1 unspecified atom stereocenters. The molecule has 0 radical (unpaired) electrons. The van der Waals surface area contributed by atoms with Crippen molar-refractivity contribution in [3.8, 4) is 0 Å². The zero-order chi connectivity index (χ0) is 17.7. The molecule has 0 aromatic heterocycles. The Kier molecular flexibility index (Phi) is 6.44. The molecule has 1 atom stereocenters. The lowest BCUT2D eigenvalue weighted by Crippen LogP contribution is -2.23. The minimum absolute atomic E-state index is 0.325. The molecule has 2 aromatic carbocycles. The Bertz CT molecular complexity index is 800. The van der Waals surface area contributed by atoms with E-state index in [9.17, 15) is 9.59 Å². The van der Waals surface area contributed by atoms with Crippen molar-refractivity contribution >= 4 is 52.6 Å². The molecule has 24 heavy (non-hydrogen) atoms. The maximum atomic E-state index is 12.2. The second-order valence-corrected chi connectivity index (χ2v) is 6.21. The van der Waals surface area contributed by atoms with E-state index in [1.54, 1.807) is 36.4 Å². The van der Waals surface area contributed by atoms with Gasteiger partial charge < -0.3 is 4.74 Å². The lowest BCUT2D eigenvalue weighted by Gasteiger charge is -2.11. The van der Waals surface area contributed by atoms with Crippen LogP contribution in [-0.4, -0.2) is 17.9 Å². The van der Waals surface area contributed by atoms with Crippen LogP contribution in [0, 0.1) is 0 Å². The van der Waals surface area contributed by atoms with E-state index in [4.69, 9.17) is 39.5 Å². The molecule has 2 aromatic rings. The molecule has 0 spiro atoms. The first-order valence-corrected chi connectivity index (χ1v) is 8.14. The Hall–Kier alpha value is -1.81. The Balaban J connectivity index is 1.99. The summed E-state index contributed by atoms with van der Waals surface area (Å²) in [6.45, 7) is 1.51. The largest absolute Gasteiger partial charge is 0.451 e.